The first-order valence-corrected chi connectivity index (χ1v) is 12.6. The molecule has 0 atom stereocenters. The molecule has 3 aromatic carbocycles. The molecule has 0 saturated heterocycles. The molecule has 0 saturated carbocycles. The summed E-state index contributed by atoms with van der Waals surface area (Å²) in [5.41, 5.74) is 3.40. The molecule has 0 radical (unpaired) electrons. The molecule has 6 nitrogen and oxygen atoms in total. The van der Waals surface area contributed by atoms with E-state index in [-0.39, 0.29) is 18.4 Å². The van der Waals surface area contributed by atoms with E-state index in [4.69, 9.17) is 23.2 Å². The van der Waals surface area contributed by atoms with E-state index < -0.39 is 0 Å². The van der Waals surface area contributed by atoms with Crippen LogP contribution in [0.3, 0.4) is 0 Å². The number of hydrogen-bond acceptors (Lipinski definition) is 4. The van der Waals surface area contributed by atoms with Gasteiger partial charge in [-0.05, 0) is 60.0 Å². The number of benzene rings is 3. The van der Waals surface area contributed by atoms with Gasteiger partial charge in [-0.15, -0.1) is 10.2 Å². The van der Waals surface area contributed by atoms with Crippen molar-refractivity contribution in [1.82, 2.24) is 20.1 Å². The second kappa shape index (κ2) is 11.6. The topological polar surface area (TPSA) is 71.8 Å². The molecule has 2 N–H and O–H groups in total. The molecule has 35 heavy (non-hydrogen) atoms. The zero-order chi connectivity index (χ0) is 24.8. The maximum absolute atomic E-state index is 13.2. The van der Waals surface area contributed by atoms with Crippen LogP contribution in [0.5, 0.6) is 0 Å². The number of hydrogen-bond donors (Lipinski definition) is 2. The van der Waals surface area contributed by atoms with Crippen molar-refractivity contribution in [3.05, 3.63) is 99.5 Å². The number of anilines is 1. The molecule has 0 aliphatic heterocycles. The highest BCUT2D eigenvalue weighted by Crippen LogP contribution is 2.31. The van der Waals surface area contributed by atoms with Gasteiger partial charge in [0, 0.05) is 16.5 Å². The lowest BCUT2D eigenvalue weighted by molar-refractivity contribution is 0.251. The summed E-state index contributed by atoms with van der Waals surface area (Å²) in [7, 11) is 0. The number of carbonyl (C=O) groups is 1. The van der Waals surface area contributed by atoms with Gasteiger partial charge in [0.25, 0.3) is 0 Å². The van der Waals surface area contributed by atoms with Gasteiger partial charge in [-0.1, -0.05) is 66.2 Å². The highest BCUT2D eigenvalue weighted by atomic mass is 35.5. The Morgan fingerprint density at radius 1 is 1.00 bits per heavy atom. The monoisotopic (exact) mass is 529 g/mol. The second-order valence-electron chi connectivity index (χ2n) is 7.60. The molecular formula is C25H22Cl2FN5OS. The van der Waals surface area contributed by atoms with Gasteiger partial charge < -0.3 is 10.6 Å². The molecule has 0 aliphatic carbocycles. The van der Waals surface area contributed by atoms with E-state index in [1.165, 1.54) is 29.5 Å². The number of urea groups is 1. The van der Waals surface area contributed by atoms with Crippen LogP contribution in [0.15, 0.2) is 71.9 Å². The number of halogens is 3. The first-order valence-electron chi connectivity index (χ1n) is 10.8. The lowest BCUT2D eigenvalue weighted by Gasteiger charge is -2.13. The van der Waals surface area contributed by atoms with E-state index in [0.717, 1.165) is 12.0 Å². The summed E-state index contributed by atoms with van der Waals surface area (Å²) in [6.07, 6.45) is 0.926. The summed E-state index contributed by atoms with van der Waals surface area (Å²) in [6.45, 7) is 2.18. The molecule has 1 aromatic heterocycles. The summed E-state index contributed by atoms with van der Waals surface area (Å²) in [5, 5.41) is 15.7. The Morgan fingerprint density at radius 3 is 2.43 bits per heavy atom. The summed E-state index contributed by atoms with van der Waals surface area (Å²) in [4.78, 5) is 12.5. The quantitative estimate of drug-likeness (QED) is 0.244. The van der Waals surface area contributed by atoms with Crippen molar-refractivity contribution >= 4 is 46.7 Å². The lowest BCUT2D eigenvalue weighted by atomic mass is 10.1. The predicted octanol–water partition coefficient (Wildman–Crippen LogP) is 6.89. The van der Waals surface area contributed by atoms with Gasteiger partial charge in [-0.3, -0.25) is 4.57 Å². The van der Waals surface area contributed by atoms with Crippen molar-refractivity contribution < 1.29 is 9.18 Å². The highest BCUT2D eigenvalue weighted by Gasteiger charge is 2.18. The largest absolute Gasteiger partial charge is 0.331 e. The number of nitrogens with zero attached hydrogens (tertiary/aromatic N) is 3. The van der Waals surface area contributed by atoms with Gasteiger partial charge in [-0.25, -0.2) is 9.18 Å². The Bertz CT molecular complexity index is 1310. The summed E-state index contributed by atoms with van der Waals surface area (Å²) in [6, 6.07) is 18.6. The van der Waals surface area contributed by atoms with Crippen molar-refractivity contribution in [3.63, 3.8) is 0 Å². The van der Waals surface area contributed by atoms with Crippen LogP contribution in [-0.2, 0) is 18.7 Å². The summed E-state index contributed by atoms with van der Waals surface area (Å²) >= 11 is 14.1. The molecule has 4 rings (SSSR count). The number of aromatic nitrogens is 3. The molecule has 10 heteroatoms. The van der Waals surface area contributed by atoms with Crippen molar-refractivity contribution in [1.29, 1.82) is 0 Å². The van der Waals surface area contributed by atoms with Gasteiger partial charge >= 0.3 is 6.03 Å². The van der Waals surface area contributed by atoms with Crippen molar-refractivity contribution in [2.24, 2.45) is 0 Å². The fraction of sp³-hybridized carbons (Fsp3) is 0.160. The SMILES string of the molecule is CCc1ccc(NC(=O)NCc2nnc(SCc3ccc(F)cc3)n2-c2cc(Cl)ccc2Cl)cc1. The van der Waals surface area contributed by atoms with Crippen LogP contribution in [0.1, 0.15) is 23.9 Å². The van der Waals surface area contributed by atoms with E-state index in [1.54, 1.807) is 34.9 Å². The number of aryl methyl sites for hydroxylation is 1. The van der Waals surface area contributed by atoms with Crippen molar-refractivity contribution in [3.8, 4) is 5.69 Å². The van der Waals surface area contributed by atoms with Gasteiger partial charge in [0.1, 0.15) is 5.82 Å². The van der Waals surface area contributed by atoms with Gasteiger partial charge in [0.05, 0.1) is 17.3 Å². The maximum atomic E-state index is 13.2. The molecule has 180 valence electrons. The number of amides is 2. The average molecular weight is 530 g/mol. The number of carbonyl (C=O) groups excluding carboxylic acids is 1. The third kappa shape index (κ3) is 6.54. The first-order chi connectivity index (χ1) is 16.9. The summed E-state index contributed by atoms with van der Waals surface area (Å²) < 4.78 is 15.0. The molecule has 0 fully saturated rings. The third-order valence-corrected chi connectivity index (χ3v) is 6.71. The number of nitrogens with one attached hydrogen (secondary N) is 2. The predicted molar refractivity (Wildman–Crippen MR) is 139 cm³/mol. The fourth-order valence-corrected chi connectivity index (χ4v) is 4.58. The molecular weight excluding hydrogens is 508 g/mol. The molecule has 2 amide bonds. The molecule has 4 aromatic rings. The minimum atomic E-state index is -0.374. The standard InChI is InChI=1S/C25H22Cl2FN5OS/c1-2-16-5-10-20(11-6-16)30-24(34)29-14-23-31-32-25(35-15-17-3-8-19(28)9-4-17)33(23)22-13-18(26)7-12-21(22)27/h3-13H,2,14-15H2,1H3,(H2,29,30,34). The van der Waals surface area contributed by atoms with Gasteiger partial charge in [0.15, 0.2) is 11.0 Å². The molecule has 0 bridgehead atoms. The van der Waals surface area contributed by atoms with Crippen LogP contribution < -0.4 is 10.6 Å². The molecule has 0 spiro atoms. The van der Waals surface area contributed by atoms with Crippen molar-refractivity contribution in [2.45, 2.75) is 30.8 Å². The summed E-state index contributed by atoms with van der Waals surface area (Å²) in [5.74, 6) is 0.728. The van der Waals surface area contributed by atoms with Gasteiger partial charge in [0.2, 0.25) is 0 Å². The average Bonchev–Trinajstić information content (AvgIpc) is 3.27. The van der Waals surface area contributed by atoms with Crippen LogP contribution in [-0.4, -0.2) is 20.8 Å². The Hall–Kier alpha value is -3.07. The van der Waals surface area contributed by atoms with E-state index in [0.29, 0.717) is 38.2 Å². The van der Waals surface area contributed by atoms with E-state index in [1.807, 2.05) is 24.3 Å². The second-order valence-corrected chi connectivity index (χ2v) is 9.39. The first kappa shape index (κ1) is 25.0. The lowest BCUT2D eigenvalue weighted by Crippen LogP contribution is -2.29. The van der Waals surface area contributed by atoms with Crippen LogP contribution >= 0.6 is 35.0 Å². The van der Waals surface area contributed by atoms with Crippen LogP contribution in [0.25, 0.3) is 5.69 Å². The Balaban J connectivity index is 1.53. The Kier molecular flexibility index (Phi) is 8.28. The zero-order valence-electron chi connectivity index (χ0n) is 18.8. The Morgan fingerprint density at radius 2 is 1.71 bits per heavy atom. The van der Waals surface area contributed by atoms with E-state index >= 15 is 0 Å². The van der Waals surface area contributed by atoms with Crippen LogP contribution in [0.2, 0.25) is 10.0 Å². The van der Waals surface area contributed by atoms with Crippen molar-refractivity contribution in [2.75, 3.05) is 5.32 Å². The molecule has 0 aliphatic rings. The fourth-order valence-electron chi connectivity index (χ4n) is 3.29. The minimum Gasteiger partial charge on any atom is -0.331 e. The molecule has 1 heterocycles. The van der Waals surface area contributed by atoms with Crippen LogP contribution in [0.4, 0.5) is 14.9 Å². The Labute approximate surface area is 216 Å². The highest BCUT2D eigenvalue weighted by molar-refractivity contribution is 7.98. The van der Waals surface area contributed by atoms with E-state index in [2.05, 4.69) is 27.8 Å². The van der Waals surface area contributed by atoms with Gasteiger partial charge in [-0.2, -0.15) is 0 Å². The number of thioether (sulfide) groups is 1. The smallest absolute Gasteiger partial charge is 0.319 e. The molecule has 0 unspecified atom stereocenters. The van der Waals surface area contributed by atoms with Crippen LogP contribution in [0, 0.1) is 5.82 Å². The number of rotatable bonds is 8. The normalized spacial score (nSPS) is 10.9. The minimum absolute atomic E-state index is 0.103. The van der Waals surface area contributed by atoms with E-state index in [9.17, 15) is 9.18 Å². The zero-order valence-corrected chi connectivity index (χ0v) is 21.1. The maximum Gasteiger partial charge on any atom is 0.319 e. The third-order valence-electron chi connectivity index (χ3n) is 5.16.